The number of carbonyl (C=O) groups is 1. The summed E-state index contributed by atoms with van der Waals surface area (Å²) in [6.07, 6.45) is 2.03. The van der Waals surface area contributed by atoms with Crippen LogP contribution in [-0.2, 0) is 9.84 Å². The fourth-order valence-electron chi connectivity index (χ4n) is 2.03. The fourth-order valence-corrected chi connectivity index (χ4v) is 3.71. The Labute approximate surface area is 124 Å². The summed E-state index contributed by atoms with van der Waals surface area (Å²) >= 11 is 0. The second-order valence-electron chi connectivity index (χ2n) is 5.61. The maximum atomic E-state index is 11.9. The van der Waals surface area contributed by atoms with Crippen molar-refractivity contribution in [2.75, 3.05) is 23.4 Å². The molecule has 2 rings (SSSR count). The molecule has 2 N–H and O–H groups in total. The summed E-state index contributed by atoms with van der Waals surface area (Å²) in [5.41, 5.74) is 0.272. The minimum atomic E-state index is -2.96. The summed E-state index contributed by atoms with van der Waals surface area (Å²) in [5.74, 6) is 0.652. The topological polar surface area (TPSA) is 101 Å². The van der Waals surface area contributed by atoms with Crippen LogP contribution in [0.25, 0.3) is 0 Å². The molecular weight excluding hydrogens is 292 g/mol. The maximum Gasteiger partial charge on any atom is 0.270 e. The lowest BCUT2D eigenvalue weighted by atomic mass is 10.2. The Kier molecular flexibility index (Phi) is 4.76. The Bertz CT molecular complexity index is 616. The fraction of sp³-hybridized carbons (Fsp3) is 0.615. The molecule has 0 bridgehead atoms. The summed E-state index contributed by atoms with van der Waals surface area (Å²) < 4.78 is 22.8. The highest BCUT2D eigenvalue weighted by molar-refractivity contribution is 7.91. The molecule has 116 valence electrons. The number of anilines is 1. The zero-order valence-corrected chi connectivity index (χ0v) is 13.0. The highest BCUT2D eigenvalue weighted by Gasteiger charge is 2.28. The lowest BCUT2D eigenvalue weighted by Crippen LogP contribution is -2.29. The molecule has 0 aliphatic carbocycles. The minimum Gasteiger partial charge on any atom is -0.350 e. The largest absolute Gasteiger partial charge is 0.350 e. The van der Waals surface area contributed by atoms with Crippen LogP contribution in [0.2, 0.25) is 0 Å². The van der Waals surface area contributed by atoms with Crippen LogP contribution in [0.3, 0.4) is 0 Å². The zero-order chi connectivity index (χ0) is 15.5. The Hall–Kier alpha value is -1.70. The van der Waals surface area contributed by atoms with Crippen LogP contribution in [0, 0.1) is 5.92 Å². The van der Waals surface area contributed by atoms with Gasteiger partial charge in [0, 0.05) is 18.8 Å². The number of nitrogens with zero attached hydrogens (tertiary/aromatic N) is 2. The van der Waals surface area contributed by atoms with Crippen molar-refractivity contribution in [1.82, 2.24) is 15.3 Å². The van der Waals surface area contributed by atoms with Crippen molar-refractivity contribution in [3.8, 4) is 0 Å². The molecule has 8 heteroatoms. The van der Waals surface area contributed by atoms with Crippen molar-refractivity contribution in [2.45, 2.75) is 26.3 Å². The molecule has 1 aromatic rings. The zero-order valence-electron chi connectivity index (χ0n) is 12.2. The normalized spacial score (nSPS) is 20.4. The summed E-state index contributed by atoms with van der Waals surface area (Å²) in [6.45, 7) is 4.59. The molecule has 0 spiro atoms. The van der Waals surface area contributed by atoms with Gasteiger partial charge in [-0.25, -0.2) is 18.4 Å². The van der Waals surface area contributed by atoms with Crippen LogP contribution >= 0.6 is 0 Å². The Morgan fingerprint density at radius 3 is 2.86 bits per heavy atom. The standard InChI is InChI=1S/C13H20N4O3S/c1-9(2)7-15-12(18)11-3-5-14-13(17-11)16-10-4-6-21(19,20)8-10/h3,5,9-10H,4,6-8H2,1-2H3,(H,15,18)(H,14,16,17). The molecule has 1 saturated heterocycles. The van der Waals surface area contributed by atoms with Gasteiger partial charge in [0.15, 0.2) is 9.84 Å². The molecule has 0 saturated carbocycles. The molecule has 1 aliphatic heterocycles. The number of hydrogen-bond acceptors (Lipinski definition) is 6. The Balaban J connectivity index is 1.99. The predicted octanol–water partition coefficient (Wildman–Crippen LogP) is 0.461. The van der Waals surface area contributed by atoms with E-state index in [1.807, 2.05) is 13.8 Å². The van der Waals surface area contributed by atoms with Gasteiger partial charge in [-0.15, -0.1) is 0 Å². The molecule has 1 aliphatic rings. The summed E-state index contributed by atoms with van der Waals surface area (Å²) in [4.78, 5) is 20.1. The van der Waals surface area contributed by atoms with Crippen molar-refractivity contribution in [3.63, 3.8) is 0 Å². The van der Waals surface area contributed by atoms with Crippen molar-refractivity contribution in [1.29, 1.82) is 0 Å². The van der Waals surface area contributed by atoms with Gasteiger partial charge in [0.1, 0.15) is 5.69 Å². The van der Waals surface area contributed by atoms with Crippen molar-refractivity contribution in [2.24, 2.45) is 5.92 Å². The number of aromatic nitrogens is 2. The van der Waals surface area contributed by atoms with Gasteiger partial charge in [-0.05, 0) is 18.4 Å². The molecule has 0 aromatic carbocycles. The minimum absolute atomic E-state index is 0.0835. The molecular formula is C13H20N4O3S. The highest BCUT2D eigenvalue weighted by Crippen LogP contribution is 2.15. The van der Waals surface area contributed by atoms with E-state index in [0.717, 1.165) is 0 Å². The van der Waals surface area contributed by atoms with E-state index in [0.29, 0.717) is 18.9 Å². The van der Waals surface area contributed by atoms with E-state index in [9.17, 15) is 13.2 Å². The van der Waals surface area contributed by atoms with Crippen LogP contribution < -0.4 is 10.6 Å². The Morgan fingerprint density at radius 2 is 2.24 bits per heavy atom. The van der Waals surface area contributed by atoms with Crippen molar-refractivity contribution in [3.05, 3.63) is 18.0 Å². The quantitative estimate of drug-likeness (QED) is 0.819. The molecule has 1 aromatic heterocycles. The van der Waals surface area contributed by atoms with Gasteiger partial charge in [-0.2, -0.15) is 0 Å². The number of rotatable bonds is 5. The van der Waals surface area contributed by atoms with E-state index in [-0.39, 0.29) is 35.1 Å². The molecule has 2 heterocycles. The van der Waals surface area contributed by atoms with E-state index in [2.05, 4.69) is 20.6 Å². The number of nitrogens with one attached hydrogen (secondary N) is 2. The number of amides is 1. The number of hydrogen-bond donors (Lipinski definition) is 2. The first-order chi connectivity index (χ1) is 9.85. The van der Waals surface area contributed by atoms with E-state index in [1.54, 1.807) is 0 Å². The molecule has 7 nitrogen and oxygen atoms in total. The van der Waals surface area contributed by atoms with Gasteiger partial charge in [-0.1, -0.05) is 13.8 Å². The van der Waals surface area contributed by atoms with Crippen molar-refractivity contribution >= 4 is 21.7 Å². The molecule has 0 radical (unpaired) electrons. The van der Waals surface area contributed by atoms with Gasteiger partial charge in [0.05, 0.1) is 11.5 Å². The lowest BCUT2D eigenvalue weighted by molar-refractivity contribution is 0.0944. The maximum absolute atomic E-state index is 11.9. The van der Waals surface area contributed by atoms with Crippen LogP contribution in [0.15, 0.2) is 12.3 Å². The number of sulfone groups is 1. The van der Waals surface area contributed by atoms with Gasteiger partial charge < -0.3 is 10.6 Å². The lowest BCUT2D eigenvalue weighted by Gasteiger charge is -2.11. The first-order valence-corrected chi connectivity index (χ1v) is 8.76. The van der Waals surface area contributed by atoms with Crippen LogP contribution in [0.1, 0.15) is 30.8 Å². The Morgan fingerprint density at radius 1 is 1.48 bits per heavy atom. The summed E-state index contributed by atoms with van der Waals surface area (Å²) in [5, 5.41) is 5.75. The van der Waals surface area contributed by atoms with Crippen LogP contribution in [0.5, 0.6) is 0 Å². The molecule has 1 unspecified atom stereocenters. The van der Waals surface area contributed by atoms with Gasteiger partial charge >= 0.3 is 0 Å². The molecule has 1 atom stereocenters. The van der Waals surface area contributed by atoms with Crippen LogP contribution in [-0.4, -0.2) is 48.4 Å². The second-order valence-corrected chi connectivity index (χ2v) is 7.84. The average molecular weight is 312 g/mol. The van der Waals surface area contributed by atoms with Crippen LogP contribution in [0.4, 0.5) is 5.95 Å². The van der Waals surface area contributed by atoms with Gasteiger partial charge in [-0.3, -0.25) is 4.79 Å². The third-order valence-electron chi connectivity index (χ3n) is 3.12. The SMILES string of the molecule is CC(C)CNC(=O)c1ccnc(NC2CCS(=O)(=O)C2)n1. The molecule has 1 amide bonds. The monoisotopic (exact) mass is 312 g/mol. The number of carbonyl (C=O) groups excluding carboxylic acids is 1. The third kappa shape index (κ3) is 4.66. The van der Waals surface area contributed by atoms with E-state index >= 15 is 0 Å². The second kappa shape index (κ2) is 6.38. The van der Waals surface area contributed by atoms with Gasteiger partial charge in [0.2, 0.25) is 5.95 Å². The predicted molar refractivity (Wildman–Crippen MR) is 79.9 cm³/mol. The van der Waals surface area contributed by atoms with Crippen molar-refractivity contribution < 1.29 is 13.2 Å². The summed E-state index contributed by atoms with van der Waals surface area (Å²) in [6, 6.07) is 1.34. The van der Waals surface area contributed by atoms with E-state index < -0.39 is 9.84 Å². The van der Waals surface area contributed by atoms with E-state index in [4.69, 9.17) is 0 Å². The third-order valence-corrected chi connectivity index (χ3v) is 4.89. The molecule has 21 heavy (non-hydrogen) atoms. The smallest absolute Gasteiger partial charge is 0.270 e. The van der Waals surface area contributed by atoms with Gasteiger partial charge in [0.25, 0.3) is 5.91 Å². The summed E-state index contributed by atoms with van der Waals surface area (Å²) in [7, 11) is -2.96. The highest BCUT2D eigenvalue weighted by atomic mass is 32.2. The van der Waals surface area contributed by atoms with E-state index in [1.165, 1.54) is 12.3 Å². The average Bonchev–Trinajstić information content (AvgIpc) is 2.75. The first-order valence-electron chi connectivity index (χ1n) is 6.94. The first kappa shape index (κ1) is 15.7. The molecule has 1 fully saturated rings.